The Morgan fingerprint density at radius 2 is 2.00 bits per heavy atom. The van der Waals surface area contributed by atoms with Crippen molar-refractivity contribution in [2.75, 3.05) is 13.1 Å². The Labute approximate surface area is 103 Å². The Kier molecular flexibility index (Phi) is 5.91. The molecule has 0 amide bonds. The summed E-state index contributed by atoms with van der Waals surface area (Å²) >= 11 is 5.86. The van der Waals surface area contributed by atoms with E-state index >= 15 is 0 Å². The number of hydrogen-bond acceptors (Lipinski definition) is 1. The van der Waals surface area contributed by atoms with Crippen LogP contribution in [0.4, 0.5) is 0 Å². The van der Waals surface area contributed by atoms with E-state index in [0.29, 0.717) is 5.03 Å². The van der Waals surface area contributed by atoms with Crippen molar-refractivity contribution >= 4 is 11.6 Å². The number of nitrogens with zero attached hydrogens (tertiary/aromatic N) is 1. The summed E-state index contributed by atoms with van der Waals surface area (Å²) in [5, 5.41) is 0.681. The molecular weight excluding hydrogens is 218 g/mol. The van der Waals surface area contributed by atoms with Gasteiger partial charge in [0.15, 0.2) is 0 Å². The lowest BCUT2D eigenvalue weighted by Gasteiger charge is -2.21. The summed E-state index contributed by atoms with van der Waals surface area (Å²) in [6, 6.07) is 10.4. The van der Waals surface area contributed by atoms with Crippen molar-refractivity contribution in [1.29, 1.82) is 0 Å². The molecule has 0 unspecified atom stereocenters. The summed E-state index contributed by atoms with van der Waals surface area (Å²) in [5.74, 6) is 0. The van der Waals surface area contributed by atoms with Gasteiger partial charge in [0.05, 0.1) is 0 Å². The number of rotatable bonds is 7. The highest BCUT2D eigenvalue weighted by molar-refractivity contribution is 6.29. The van der Waals surface area contributed by atoms with Crippen molar-refractivity contribution in [3.8, 4) is 0 Å². The minimum Gasteiger partial charge on any atom is -0.294 e. The highest BCUT2D eigenvalue weighted by Gasteiger charge is 2.05. The van der Waals surface area contributed by atoms with Crippen LogP contribution in [0.5, 0.6) is 0 Å². The fourth-order valence-corrected chi connectivity index (χ4v) is 1.74. The number of hydrogen-bond donors (Lipinski definition) is 0. The maximum Gasteiger partial charge on any atom is 0.0339 e. The highest BCUT2D eigenvalue weighted by atomic mass is 35.5. The second-order valence-electron chi connectivity index (χ2n) is 3.79. The second kappa shape index (κ2) is 7.26. The fourth-order valence-electron chi connectivity index (χ4n) is 1.57. The first-order valence-corrected chi connectivity index (χ1v) is 5.80. The Balaban J connectivity index is 2.55. The normalized spacial score (nSPS) is 10.4. The summed E-state index contributed by atoms with van der Waals surface area (Å²) in [5.41, 5.74) is 1.30. The molecule has 0 radical (unpaired) electrons. The third-order valence-electron chi connectivity index (χ3n) is 2.29. The lowest BCUT2D eigenvalue weighted by atomic mass is 10.2. The summed E-state index contributed by atoms with van der Waals surface area (Å²) in [6.07, 6.45) is 2.89. The van der Waals surface area contributed by atoms with Gasteiger partial charge in [-0.2, -0.15) is 0 Å². The van der Waals surface area contributed by atoms with Gasteiger partial charge in [-0.1, -0.05) is 54.6 Å². The number of benzene rings is 1. The maximum atomic E-state index is 5.86. The number of halogens is 1. The molecule has 1 nitrogen and oxygen atoms in total. The molecule has 0 saturated carbocycles. The largest absolute Gasteiger partial charge is 0.294 e. The topological polar surface area (TPSA) is 3.24 Å². The molecule has 0 spiro atoms. The van der Waals surface area contributed by atoms with Crippen molar-refractivity contribution < 1.29 is 0 Å². The van der Waals surface area contributed by atoms with Crippen LogP contribution in [0, 0.1) is 0 Å². The monoisotopic (exact) mass is 235 g/mol. The maximum absolute atomic E-state index is 5.86. The van der Waals surface area contributed by atoms with E-state index < -0.39 is 0 Å². The predicted molar refractivity (Wildman–Crippen MR) is 71.5 cm³/mol. The van der Waals surface area contributed by atoms with Gasteiger partial charge in [0.1, 0.15) is 0 Å². The molecule has 0 atom stereocenters. The van der Waals surface area contributed by atoms with E-state index in [-0.39, 0.29) is 0 Å². The van der Waals surface area contributed by atoms with Crippen LogP contribution in [0.2, 0.25) is 0 Å². The molecule has 16 heavy (non-hydrogen) atoms. The molecule has 0 aliphatic heterocycles. The highest BCUT2D eigenvalue weighted by Crippen LogP contribution is 2.09. The van der Waals surface area contributed by atoms with E-state index in [1.54, 1.807) is 0 Å². The first kappa shape index (κ1) is 13.0. The van der Waals surface area contributed by atoms with Gasteiger partial charge in [-0.05, 0) is 12.0 Å². The molecule has 0 heterocycles. The molecule has 1 rings (SSSR count). The lowest BCUT2D eigenvalue weighted by molar-refractivity contribution is 0.298. The molecule has 0 bridgehead atoms. The van der Waals surface area contributed by atoms with E-state index in [1.165, 1.54) is 5.56 Å². The zero-order valence-electron chi connectivity index (χ0n) is 9.53. The van der Waals surface area contributed by atoms with Crippen LogP contribution in [-0.4, -0.2) is 18.0 Å². The molecule has 0 aliphatic rings. The van der Waals surface area contributed by atoms with Crippen molar-refractivity contribution in [3.63, 3.8) is 0 Å². The molecule has 0 fully saturated rings. The van der Waals surface area contributed by atoms with Crippen molar-refractivity contribution in [2.24, 2.45) is 0 Å². The third kappa shape index (κ3) is 5.15. The first-order chi connectivity index (χ1) is 7.72. The van der Waals surface area contributed by atoms with Crippen molar-refractivity contribution in [3.05, 3.63) is 60.2 Å². The van der Waals surface area contributed by atoms with Crippen LogP contribution in [0.1, 0.15) is 12.0 Å². The molecule has 1 aromatic rings. The molecule has 1 aromatic carbocycles. The van der Waals surface area contributed by atoms with Crippen molar-refractivity contribution in [1.82, 2.24) is 4.90 Å². The molecule has 0 saturated heterocycles. The predicted octanol–water partition coefficient (Wildman–Crippen LogP) is 3.82. The summed E-state index contributed by atoms with van der Waals surface area (Å²) in [4.78, 5) is 2.27. The Morgan fingerprint density at radius 1 is 1.31 bits per heavy atom. The minimum atomic E-state index is 0.681. The van der Waals surface area contributed by atoms with Crippen LogP contribution in [-0.2, 0) is 6.54 Å². The molecule has 86 valence electrons. The Bertz CT molecular complexity index is 332. The SMILES string of the molecule is C=CCCN(CC(=C)Cl)Cc1ccccc1. The smallest absolute Gasteiger partial charge is 0.0339 e. The average molecular weight is 236 g/mol. The standard InChI is InChI=1S/C14H18ClN/c1-3-4-10-16(11-13(2)15)12-14-8-6-5-7-9-14/h3,5-9H,1-2,4,10-12H2. The molecule has 0 aromatic heterocycles. The van der Waals surface area contributed by atoms with Crippen LogP contribution < -0.4 is 0 Å². The zero-order valence-corrected chi connectivity index (χ0v) is 10.3. The molecular formula is C14H18ClN. The van der Waals surface area contributed by atoms with E-state index in [4.69, 9.17) is 11.6 Å². The summed E-state index contributed by atoms with van der Waals surface area (Å²) < 4.78 is 0. The average Bonchev–Trinajstić information content (AvgIpc) is 2.26. The van der Waals surface area contributed by atoms with Gasteiger partial charge in [-0.25, -0.2) is 0 Å². The zero-order chi connectivity index (χ0) is 11.8. The second-order valence-corrected chi connectivity index (χ2v) is 4.33. The van der Waals surface area contributed by atoms with Gasteiger partial charge in [-0.15, -0.1) is 6.58 Å². The quantitative estimate of drug-likeness (QED) is 0.650. The van der Waals surface area contributed by atoms with Crippen LogP contribution in [0.15, 0.2) is 54.6 Å². The molecule has 2 heteroatoms. The fraction of sp³-hybridized carbons (Fsp3) is 0.286. The van der Waals surface area contributed by atoms with Crippen molar-refractivity contribution in [2.45, 2.75) is 13.0 Å². The summed E-state index contributed by atoms with van der Waals surface area (Å²) in [6.45, 7) is 10.1. The van der Waals surface area contributed by atoms with Crippen LogP contribution >= 0.6 is 11.6 Å². The van der Waals surface area contributed by atoms with E-state index in [9.17, 15) is 0 Å². The Hall–Kier alpha value is -1.05. The Morgan fingerprint density at radius 3 is 2.56 bits per heavy atom. The van der Waals surface area contributed by atoms with Gasteiger partial charge in [0.25, 0.3) is 0 Å². The van der Waals surface area contributed by atoms with E-state index in [1.807, 2.05) is 12.1 Å². The van der Waals surface area contributed by atoms with Gasteiger partial charge in [0.2, 0.25) is 0 Å². The van der Waals surface area contributed by atoms with Gasteiger partial charge >= 0.3 is 0 Å². The summed E-state index contributed by atoms with van der Waals surface area (Å²) in [7, 11) is 0. The van der Waals surface area contributed by atoms with Crippen LogP contribution in [0.3, 0.4) is 0 Å². The first-order valence-electron chi connectivity index (χ1n) is 5.43. The van der Waals surface area contributed by atoms with E-state index in [2.05, 4.69) is 42.3 Å². The molecule has 0 aliphatic carbocycles. The van der Waals surface area contributed by atoms with Gasteiger partial charge in [0, 0.05) is 24.7 Å². The van der Waals surface area contributed by atoms with Crippen LogP contribution in [0.25, 0.3) is 0 Å². The molecule has 0 N–H and O–H groups in total. The van der Waals surface area contributed by atoms with Gasteiger partial charge in [-0.3, -0.25) is 4.90 Å². The van der Waals surface area contributed by atoms with E-state index in [0.717, 1.165) is 26.1 Å². The lowest BCUT2D eigenvalue weighted by Crippen LogP contribution is -2.25. The van der Waals surface area contributed by atoms with Gasteiger partial charge < -0.3 is 0 Å². The minimum absolute atomic E-state index is 0.681. The third-order valence-corrected chi connectivity index (χ3v) is 2.41.